The highest BCUT2D eigenvalue weighted by Crippen LogP contribution is 2.39. The molecular weight excluding hydrogens is 486 g/mol. The third-order valence-corrected chi connectivity index (χ3v) is 7.52. The summed E-state index contributed by atoms with van der Waals surface area (Å²) in [4.78, 5) is 29.7. The van der Waals surface area contributed by atoms with Crippen LogP contribution in [-0.2, 0) is 21.7 Å². The van der Waals surface area contributed by atoms with Gasteiger partial charge in [-0.3, -0.25) is 15.0 Å². The molecule has 5 rings (SSSR count). The first-order valence-electron chi connectivity index (χ1n) is 11.8. The molecule has 0 bridgehead atoms. The molecule has 1 aliphatic heterocycles. The summed E-state index contributed by atoms with van der Waals surface area (Å²) in [6, 6.07) is 22.2. The third-order valence-electron chi connectivity index (χ3n) is 6.37. The van der Waals surface area contributed by atoms with E-state index < -0.39 is 11.6 Å². The third kappa shape index (κ3) is 5.19. The number of nitrogens with one attached hydrogen (secondary N) is 1. The summed E-state index contributed by atoms with van der Waals surface area (Å²) in [7, 11) is 1.52. The number of aliphatic imine (C=N–C) groups is 1. The number of ether oxygens (including phenoxy) is 1. The lowest BCUT2D eigenvalue weighted by atomic mass is 9.87. The molecule has 0 spiro atoms. The summed E-state index contributed by atoms with van der Waals surface area (Å²) in [6.45, 7) is 2.71. The lowest BCUT2D eigenvalue weighted by molar-refractivity contribution is -0.128. The van der Waals surface area contributed by atoms with Crippen molar-refractivity contribution in [1.82, 2.24) is 10.2 Å². The van der Waals surface area contributed by atoms with Crippen LogP contribution in [0.3, 0.4) is 0 Å². The van der Waals surface area contributed by atoms with Gasteiger partial charge in [-0.15, -0.1) is 11.3 Å². The lowest BCUT2D eigenvalue weighted by Crippen LogP contribution is -2.51. The summed E-state index contributed by atoms with van der Waals surface area (Å²) >= 11 is 1.69. The molecule has 1 atom stereocenters. The fourth-order valence-corrected chi connectivity index (χ4v) is 5.44. The van der Waals surface area contributed by atoms with Crippen LogP contribution in [0.5, 0.6) is 0 Å². The Morgan fingerprint density at radius 3 is 2.62 bits per heavy atom. The minimum Gasteiger partial charge on any atom is -0.465 e. The normalized spacial score (nSPS) is 17.4. The topological polar surface area (TPSA) is 91.2 Å². The molecule has 0 aliphatic carbocycles. The number of carbonyl (C=O) groups is 2. The van der Waals surface area contributed by atoms with E-state index in [4.69, 9.17) is 9.84 Å². The SMILES string of the molecule is CN1C(=O)CC(C)(c2ccc3sc4ccc(C#CCOCc5ccccc5)cc4c3c2)N=C1NC(=O)O. The van der Waals surface area contributed by atoms with Gasteiger partial charge < -0.3 is 9.84 Å². The van der Waals surface area contributed by atoms with Crippen LogP contribution in [0.2, 0.25) is 0 Å². The second kappa shape index (κ2) is 10.1. The van der Waals surface area contributed by atoms with E-state index in [1.54, 1.807) is 11.3 Å². The van der Waals surface area contributed by atoms with Gasteiger partial charge in [0.25, 0.3) is 0 Å². The molecule has 0 saturated heterocycles. The zero-order valence-corrected chi connectivity index (χ0v) is 21.3. The predicted octanol–water partition coefficient (Wildman–Crippen LogP) is 5.32. The zero-order chi connectivity index (χ0) is 26.0. The van der Waals surface area contributed by atoms with Crippen LogP contribution in [0.15, 0.2) is 71.7 Å². The first kappa shape index (κ1) is 24.5. The van der Waals surface area contributed by atoms with Crippen LogP contribution in [0.4, 0.5) is 4.79 Å². The molecule has 1 aromatic heterocycles. The summed E-state index contributed by atoms with van der Waals surface area (Å²) in [5.41, 5.74) is 1.96. The van der Waals surface area contributed by atoms with E-state index in [9.17, 15) is 9.59 Å². The van der Waals surface area contributed by atoms with Gasteiger partial charge in [0.05, 0.1) is 18.6 Å². The van der Waals surface area contributed by atoms with Crippen LogP contribution in [0.25, 0.3) is 20.2 Å². The minimum atomic E-state index is -1.26. The van der Waals surface area contributed by atoms with Gasteiger partial charge in [0, 0.05) is 32.8 Å². The predicted molar refractivity (Wildman–Crippen MR) is 146 cm³/mol. The van der Waals surface area contributed by atoms with Gasteiger partial charge in [0.1, 0.15) is 6.61 Å². The summed E-state index contributed by atoms with van der Waals surface area (Å²) in [5, 5.41) is 13.5. The molecular formula is C29H25N3O4S. The van der Waals surface area contributed by atoms with Crippen molar-refractivity contribution in [2.75, 3.05) is 13.7 Å². The second-order valence-electron chi connectivity index (χ2n) is 9.07. The highest BCUT2D eigenvalue weighted by Gasteiger charge is 2.37. The van der Waals surface area contributed by atoms with Crippen molar-refractivity contribution in [3.05, 3.63) is 83.4 Å². The van der Waals surface area contributed by atoms with Crippen LogP contribution < -0.4 is 5.32 Å². The van der Waals surface area contributed by atoms with Crippen LogP contribution >= 0.6 is 11.3 Å². The Hall–Kier alpha value is -4.19. The van der Waals surface area contributed by atoms with Crippen molar-refractivity contribution < 1.29 is 19.4 Å². The number of hydrogen-bond donors (Lipinski definition) is 2. The van der Waals surface area contributed by atoms with Crippen molar-refractivity contribution in [2.24, 2.45) is 4.99 Å². The molecule has 37 heavy (non-hydrogen) atoms. The first-order valence-corrected chi connectivity index (χ1v) is 12.6. The second-order valence-corrected chi connectivity index (χ2v) is 10.2. The monoisotopic (exact) mass is 511 g/mol. The van der Waals surface area contributed by atoms with Crippen LogP contribution in [0, 0.1) is 11.8 Å². The maximum Gasteiger partial charge on any atom is 0.411 e. The molecule has 3 aromatic carbocycles. The van der Waals surface area contributed by atoms with Crippen LogP contribution in [0.1, 0.15) is 30.0 Å². The smallest absolute Gasteiger partial charge is 0.411 e. The van der Waals surface area contributed by atoms with E-state index in [1.165, 1.54) is 11.9 Å². The minimum absolute atomic E-state index is 0.0218. The van der Waals surface area contributed by atoms with Gasteiger partial charge >= 0.3 is 6.09 Å². The van der Waals surface area contributed by atoms with Gasteiger partial charge in [0.2, 0.25) is 11.9 Å². The fraction of sp³-hybridized carbons (Fsp3) is 0.207. The number of hydrogen-bond acceptors (Lipinski definition) is 5. The lowest BCUT2D eigenvalue weighted by Gasteiger charge is -2.34. The molecule has 0 fully saturated rings. The molecule has 2 N–H and O–H groups in total. The van der Waals surface area contributed by atoms with Gasteiger partial charge in [-0.05, 0) is 48.4 Å². The Morgan fingerprint density at radius 1 is 1.14 bits per heavy atom. The average molecular weight is 512 g/mol. The van der Waals surface area contributed by atoms with Crippen molar-refractivity contribution >= 4 is 49.5 Å². The Labute approximate surface area is 218 Å². The molecule has 4 aromatic rings. The van der Waals surface area contributed by atoms with Crippen molar-refractivity contribution in [1.29, 1.82) is 0 Å². The molecule has 1 aliphatic rings. The maximum absolute atomic E-state index is 12.7. The van der Waals surface area contributed by atoms with Gasteiger partial charge in [0.15, 0.2) is 0 Å². The summed E-state index contributed by atoms with van der Waals surface area (Å²) in [5.74, 6) is 6.10. The maximum atomic E-state index is 12.7. The number of fused-ring (bicyclic) bond motifs is 3. The van der Waals surface area contributed by atoms with E-state index in [1.807, 2.05) is 55.5 Å². The molecule has 0 radical (unpaired) electrons. The number of nitrogens with zero attached hydrogens (tertiary/aromatic N) is 2. The summed E-state index contributed by atoms with van der Waals surface area (Å²) < 4.78 is 7.93. The van der Waals surface area contributed by atoms with E-state index in [-0.39, 0.29) is 18.3 Å². The molecule has 186 valence electrons. The van der Waals surface area contributed by atoms with Gasteiger partial charge in [-0.2, -0.15) is 0 Å². The number of carbonyl (C=O) groups excluding carboxylic acids is 1. The number of guanidine groups is 1. The van der Waals surface area contributed by atoms with Crippen LogP contribution in [-0.4, -0.2) is 41.6 Å². The largest absolute Gasteiger partial charge is 0.465 e. The highest BCUT2D eigenvalue weighted by atomic mass is 32.1. The highest BCUT2D eigenvalue weighted by molar-refractivity contribution is 7.25. The summed E-state index contributed by atoms with van der Waals surface area (Å²) in [6.07, 6.45) is -1.12. The molecule has 7 nitrogen and oxygen atoms in total. The number of carboxylic acid groups (broad SMARTS) is 1. The quantitative estimate of drug-likeness (QED) is 0.286. The number of amides is 2. The van der Waals surface area contributed by atoms with Crippen molar-refractivity contribution in [2.45, 2.75) is 25.5 Å². The molecule has 0 saturated carbocycles. The van der Waals surface area contributed by atoms with Gasteiger partial charge in [-0.25, -0.2) is 9.79 Å². The Kier molecular flexibility index (Phi) is 6.66. The first-order chi connectivity index (χ1) is 17.8. The van der Waals surface area contributed by atoms with Crippen molar-refractivity contribution in [3.63, 3.8) is 0 Å². The number of rotatable bonds is 4. The van der Waals surface area contributed by atoms with E-state index >= 15 is 0 Å². The molecule has 8 heteroatoms. The van der Waals surface area contributed by atoms with E-state index in [0.29, 0.717) is 13.2 Å². The standard InChI is InChI=1S/C29H25N3O4S/c1-29(17-26(33)32(2)27(31-29)30-28(34)35)21-11-13-25-23(16-21)22-15-19(10-12-24(22)37-25)9-6-14-36-18-20-7-4-3-5-8-20/h3-5,7-8,10-13,15-16H,14,17-18H2,1-2H3,(H,30,31)(H,34,35). The number of benzene rings is 3. The zero-order valence-electron chi connectivity index (χ0n) is 20.4. The average Bonchev–Trinajstić information content (AvgIpc) is 3.24. The van der Waals surface area contributed by atoms with E-state index in [2.05, 4.69) is 40.3 Å². The van der Waals surface area contributed by atoms with Gasteiger partial charge in [-0.1, -0.05) is 48.2 Å². The molecule has 1 unspecified atom stereocenters. The Balaban J connectivity index is 1.42. The molecule has 2 amide bonds. The fourth-order valence-electron chi connectivity index (χ4n) is 4.38. The number of thiophene rings is 1. The van der Waals surface area contributed by atoms with Crippen molar-refractivity contribution in [3.8, 4) is 11.8 Å². The molecule has 2 heterocycles. The van der Waals surface area contributed by atoms with E-state index in [0.717, 1.165) is 36.9 Å². The Bertz CT molecular complexity index is 1600. The Morgan fingerprint density at radius 2 is 1.86 bits per heavy atom.